The lowest BCUT2D eigenvalue weighted by molar-refractivity contribution is -0.177. The molecule has 2 rings (SSSR count). The normalized spacial score (nSPS) is 24.5. The minimum absolute atomic E-state index is 0.0161. The second-order valence-electron chi connectivity index (χ2n) is 5.55. The first-order valence-corrected chi connectivity index (χ1v) is 7.23. The van der Waals surface area contributed by atoms with Crippen LogP contribution in [0.1, 0.15) is 0 Å². The van der Waals surface area contributed by atoms with Crippen LogP contribution in [0.15, 0.2) is 0 Å². The molecule has 0 radical (unpaired) electrons. The number of carbonyl (C=O) groups excluding carboxylic acids is 2. The predicted octanol–water partition coefficient (Wildman–Crippen LogP) is -1.38. The number of nitrogens with zero attached hydrogens (tertiary/aromatic N) is 3. The van der Waals surface area contributed by atoms with Crippen LogP contribution in [0.3, 0.4) is 0 Å². The van der Waals surface area contributed by atoms with E-state index in [0.29, 0.717) is 6.54 Å². The molecule has 2 saturated heterocycles. The molecule has 2 fully saturated rings. The van der Waals surface area contributed by atoms with Gasteiger partial charge in [-0.1, -0.05) is 0 Å². The molecule has 2 aliphatic rings. The zero-order chi connectivity index (χ0) is 16.3. The number of rotatable bonds is 3. The number of amides is 2. The molecule has 1 N–H and O–H groups in total. The van der Waals surface area contributed by atoms with Crippen LogP contribution in [0, 0.1) is 0 Å². The smallest absolute Gasteiger partial charge is 0.395 e. The van der Waals surface area contributed by atoms with E-state index in [2.05, 4.69) is 0 Å². The number of hydrogen-bond acceptors (Lipinski definition) is 5. The minimum atomic E-state index is -4.08. The Bertz CT molecular complexity index is 430. The van der Waals surface area contributed by atoms with Gasteiger partial charge in [0.25, 0.3) is 0 Å². The molecule has 22 heavy (non-hydrogen) atoms. The Morgan fingerprint density at radius 3 is 2.32 bits per heavy atom. The van der Waals surface area contributed by atoms with Crippen molar-refractivity contribution >= 4 is 11.8 Å². The lowest BCUT2D eigenvalue weighted by Gasteiger charge is -2.40. The average Bonchev–Trinajstić information content (AvgIpc) is 2.54. The number of piperazine rings is 1. The lowest BCUT2D eigenvalue weighted by atomic mass is 10.1. The van der Waals surface area contributed by atoms with Gasteiger partial charge in [0.2, 0.25) is 0 Å². The van der Waals surface area contributed by atoms with Crippen LogP contribution in [-0.2, 0) is 14.3 Å². The van der Waals surface area contributed by atoms with E-state index in [9.17, 15) is 23.5 Å². The number of morpholine rings is 1. The van der Waals surface area contributed by atoms with Crippen LogP contribution in [0.2, 0.25) is 0 Å². The van der Waals surface area contributed by atoms with Gasteiger partial charge in [-0.3, -0.25) is 14.5 Å². The van der Waals surface area contributed by atoms with Crippen molar-refractivity contribution in [2.75, 3.05) is 59.6 Å². The molecule has 0 aromatic rings. The van der Waals surface area contributed by atoms with Gasteiger partial charge in [-0.15, -0.1) is 0 Å². The van der Waals surface area contributed by atoms with Crippen molar-refractivity contribution in [3.63, 3.8) is 0 Å². The topological polar surface area (TPSA) is 73.3 Å². The van der Waals surface area contributed by atoms with Crippen LogP contribution >= 0.6 is 0 Å². The molecule has 1 unspecified atom stereocenters. The van der Waals surface area contributed by atoms with Crippen molar-refractivity contribution in [3.05, 3.63) is 0 Å². The zero-order valence-electron chi connectivity index (χ0n) is 12.5. The number of aliphatic hydroxyl groups is 1. The number of aliphatic hydroxyl groups excluding tert-OH is 1. The first-order valence-electron chi connectivity index (χ1n) is 7.23. The molecule has 0 saturated carbocycles. The van der Waals surface area contributed by atoms with Gasteiger partial charge in [0.1, 0.15) is 0 Å². The summed E-state index contributed by atoms with van der Waals surface area (Å²) < 4.78 is 33.4. The molecule has 0 aromatic carbocycles. The molecule has 0 aliphatic carbocycles. The van der Waals surface area contributed by atoms with Crippen LogP contribution in [0.25, 0.3) is 0 Å². The highest BCUT2D eigenvalue weighted by Gasteiger charge is 2.52. The Morgan fingerprint density at radius 1 is 1.14 bits per heavy atom. The van der Waals surface area contributed by atoms with Crippen LogP contribution < -0.4 is 0 Å². The van der Waals surface area contributed by atoms with E-state index in [4.69, 9.17) is 4.74 Å². The molecule has 2 heterocycles. The van der Waals surface area contributed by atoms with Gasteiger partial charge in [0.05, 0.1) is 25.9 Å². The number of ether oxygens (including phenoxy) is 1. The van der Waals surface area contributed by atoms with E-state index in [1.807, 2.05) is 0 Å². The summed E-state index contributed by atoms with van der Waals surface area (Å²) >= 11 is 0. The Balaban J connectivity index is 2.04. The number of hydrogen-bond donors (Lipinski definition) is 1. The predicted molar refractivity (Wildman–Crippen MR) is 72.4 cm³/mol. The quantitative estimate of drug-likeness (QED) is 0.649. The van der Waals surface area contributed by atoms with Gasteiger partial charge < -0.3 is 19.6 Å². The summed E-state index contributed by atoms with van der Waals surface area (Å²) in [6, 6.07) is -0.396. The Morgan fingerprint density at radius 2 is 1.73 bits per heavy atom. The highest BCUT2D eigenvalue weighted by atomic mass is 19.3. The number of alkyl halides is 2. The number of likely N-dealkylation sites (N-methyl/N-ethyl adjacent to an activating group) is 1. The van der Waals surface area contributed by atoms with E-state index in [0.717, 1.165) is 9.80 Å². The summed E-state index contributed by atoms with van der Waals surface area (Å²) in [6.07, 6.45) is 0. The van der Waals surface area contributed by atoms with E-state index in [1.165, 1.54) is 0 Å². The lowest BCUT2D eigenvalue weighted by Crippen LogP contribution is -2.61. The zero-order valence-corrected chi connectivity index (χ0v) is 12.5. The minimum Gasteiger partial charge on any atom is -0.395 e. The Kier molecular flexibility index (Phi) is 5.30. The molecule has 2 amide bonds. The highest BCUT2D eigenvalue weighted by molar-refractivity contribution is 6.06. The Hall–Kier alpha value is -1.32. The molecule has 126 valence electrons. The third-order valence-electron chi connectivity index (χ3n) is 4.11. The summed E-state index contributed by atoms with van der Waals surface area (Å²) in [5.41, 5.74) is 0. The Labute approximate surface area is 127 Å². The second kappa shape index (κ2) is 6.84. The van der Waals surface area contributed by atoms with Gasteiger partial charge in [-0.25, -0.2) is 0 Å². The number of halogens is 2. The molecular weight excluding hydrogens is 300 g/mol. The van der Waals surface area contributed by atoms with E-state index in [1.54, 1.807) is 11.9 Å². The fourth-order valence-electron chi connectivity index (χ4n) is 2.58. The SMILES string of the molecule is CN1CCN(C(=O)C(F)(F)C(=O)N2CCOCC2)CC1CO. The van der Waals surface area contributed by atoms with E-state index >= 15 is 0 Å². The first-order chi connectivity index (χ1) is 10.4. The molecule has 2 aliphatic heterocycles. The van der Waals surface area contributed by atoms with Crippen LogP contribution in [0.4, 0.5) is 8.78 Å². The van der Waals surface area contributed by atoms with Crippen molar-refractivity contribution in [1.82, 2.24) is 14.7 Å². The molecular formula is C13H21F2N3O4. The second-order valence-corrected chi connectivity index (χ2v) is 5.55. The average molecular weight is 321 g/mol. The summed E-state index contributed by atoms with van der Waals surface area (Å²) in [6.45, 7) is 0.735. The largest absolute Gasteiger partial charge is 0.401 e. The van der Waals surface area contributed by atoms with Gasteiger partial charge in [-0.05, 0) is 7.05 Å². The van der Waals surface area contributed by atoms with Crippen molar-refractivity contribution in [2.24, 2.45) is 0 Å². The van der Waals surface area contributed by atoms with Crippen molar-refractivity contribution in [3.8, 4) is 0 Å². The summed E-state index contributed by atoms with van der Waals surface area (Å²) in [5.74, 6) is -7.04. The summed E-state index contributed by atoms with van der Waals surface area (Å²) in [7, 11) is 1.75. The molecule has 0 aromatic heterocycles. The molecule has 7 nitrogen and oxygen atoms in total. The molecule has 0 bridgehead atoms. The molecule has 9 heteroatoms. The number of carbonyl (C=O) groups is 2. The van der Waals surface area contributed by atoms with Crippen molar-refractivity contribution < 1.29 is 28.2 Å². The maximum absolute atomic E-state index is 14.2. The standard InChI is InChI=1S/C13H21F2N3O4/c1-16-2-3-18(8-10(16)9-19)12(21)13(14,15)11(20)17-4-6-22-7-5-17/h10,19H,2-9H2,1H3. The van der Waals surface area contributed by atoms with Gasteiger partial charge in [-0.2, -0.15) is 8.78 Å². The fourth-order valence-corrected chi connectivity index (χ4v) is 2.58. The first kappa shape index (κ1) is 17.0. The van der Waals surface area contributed by atoms with E-state index in [-0.39, 0.29) is 46.0 Å². The maximum Gasteiger partial charge on any atom is 0.401 e. The van der Waals surface area contributed by atoms with Crippen LogP contribution in [0.5, 0.6) is 0 Å². The maximum atomic E-state index is 14.2. The van der Waals surface area contributed by atoms with Gasteiger partial charge >= 0.3 is 17.7 Å². The van der Waals surface area contributed by atoms with Crippen molar-refractivity contribution in [2.45, 2.75) is 12.0 Å². The van der Waals surface area contributed by atoms with Crippen molar-refractivity contribution in [1.29, 1.82) is 0 Å². The van der Waals surface area contributed by atoms with Gasteiger partial charge in [0, 0.05) is 32.7 Å². The monoisotopic (exact) mass is 321 g/mol. The molecule has 1 atom stereocenters. The van der Waals surface area contributed by atoms with Gasteiger partial charge in [0.15, 0.2) is 0 Å². The van der Waals surface area contributed by atoms with Crippen LogP contribution in [-0.4, -0.2) is 103 Å². The fraction of sp³-hybridized carbons (Fsp3) is 0.846. The highest BCUT2D eigenvalue weighted by Crippen LogP contribution is 2.23. The summed E-state index contributed by atoms with van der Waals surface area (Å²) in [5, 5.41) is 9.22. The molecule has 0 spiro atoms. The summed E-state index contributed by atoms with van der Waals surface area (Å²) in [4.78, 5) is 27.7. The van der Waals surface area contributed by atoms with E-state index < -0.39 is 23.8 Å². The third-order valence-corrected chi connectivity index (χ3v) is 4.11. The third kappa shape index (κ3) is 3.36.